The Balaban J connectivity index is 2.78. The zero-order valence-electron chi connectivity index (χ0n) is 12.3. The zero-order valence-corrected chi connectivity index (χ0v) is 12.3. The van der Waals surface area contributed by atoms with Gasteiger partial charge in [-0.2, -0.15) is 10.2 Å². The number of nitrogens with zero attached hydrogens (tertiary/aromatic N) is 2. The molecular formula is C16H28N2. The Morgan fingerprint density at radius 2 is 1.11 bits per heavy atom. The molecule has 2 atom stereocenters. The molecule has 0 spiro atoms. The van der Waals surface area contributed by atoms with E-state index in [-0.39, 0.29) is 0 Å². The lowest BCUT2D eigenvalue weighted by Crippen LogP contribution is -2.15. The molecule has 2 unspecified atom stereocenters. The molecule has 1 rings (SSSR count). The lowest BCUT2D eigenvalue weighted by molar-refractivity contribution is 0.426. The fourth-order valence-electron chi connectivity index (χ4n) is 1.98. The van der Waals surface area contributed by atoms with Crippen molar-refractivity contribution in [2.24, 2.45) is 22.1 Å². The van der Waals surface area contributed by atoms with Gasteiger partial charge in [-0.05, 0) is 37.5 Å². The topological polar surface area (TPSA) is 24.7 Å². The van der Waals surface area contributed by atoms with Gasteiger partial charge in [-0.25, -0.2) is 0 Å². The van der Waals surface area contributed by atoms with E-state index in [9.17, 15) is 0 Å². The van der Waals surface area contributed by atoms with Gasteiger partial charge in [0.1, 0.15) is 0 Å². The Morgan fingerprint density at radius 3 is 1.44 bits per heavy atom. The molecule has 0 N–H and O–H groups in total. The standard InChI is InChI=1S/C16H28N2/c1-13(2)15-11-9-7-5-6-8-10-12-16(14(3)4)18-17-15/h7-10,13-16H,5-6,11-12H2,1-4H3/b9-7+,10-8+,18-17?. The van der Waals surface area contributed by atoms with Crippen molar-refractivity contribution >= 4 is 0 Å². The molecule has 0 aromatic heterocycles. The summed E-state index contributed by atoms with van der Waals surface area (Å²) in [6.07, 6.45) is 13.4. The highest BCUT2D eigenvalue weighted by molar-refractivity contribution is 4.93. The molecule has 18 heavy (non-hydrogen) atoms. The lowest BCUT2D eigenvalue weighted by Gasteiger charge is -2.17. The maximum absolute atomic E-state index is 4.60. The van der Waals surface area contributed by atoms with Crippen LogP contribution in [0.25, 0.3) is 0 Å². The first-order chi connectivity index (χ1) is 8.61. The van der Waals surface area contributed by atoms with Gasteiger partial charge in [-0.15, -0.1) is 0 Å². The van der Waals surface area contributed by atoms with E-state index >= 15 is 0 Å². The van der Waals surface area contributed by atoms with E-state index in [1.54, 1.807) is 0 Å². The van der Waals surface area contributed by atoms with Crippen molar-refractivity contribution in [2.45, 2.75) is 65.5 Å². The van der Waals surface area contributed by atoms with Crippen LogP contribution in [-0.2, 0) is 0 Å². The van der Waals surface area contributed by atoms with Gasteiger partial charge >= 0.3 is 0 Å². The van der Waals surface area contributed by atoms with Gasteiger partial charge in [0.15, 0.2) is 0 Å². The van der Waals surface area contributed by atoms with Crippen LogP contribution in [0.1, 0.15) is 53.4 Å². The summed E-state index contributed by atoms with van der Waals surface area (Å²) in [6, 6.07) is 0.678. The minimum Gasteiger partial charge on any atom is -0.190 e. The lowest BCUT2D eigenvalue weighted by atomic mass is 10.00. The summed E-state index contributed by atoms with van der Waals surface area (Å²) in [5, 5.41) is 9.20. The molecule has 0 fully saturated rings. The SMILES string of the molecule is CC(C)C1C/C=C/CC/C=C/CC(C(C)C)N=N1. The van der Waals surface area contributed by atoms with Gasteiger partial charge < -0.3 is 0 Å². The third kappa shape index (κ3) is 5.61. The molecule has 2 nitrogen and oxygen atoms in total. The van der Waals surface area contributed by atoms with Crippen molar-refractivity contribution in [3.63, 3.8) is 0 Å². The van der Waals surface area contributed by atoms with Crippen LogP contribution in [0.2, 0.25) is 0 Å². The molecule has 2 heteroatoms. The zero-order chi connectivity index (χ0) is 13.4. The average Bonchev–Trinajstić information content (AvgIpc) is 2.28. The van der Waals surface area contributed by atoms with Crippen molar-refractivity contribution in [2.75, 3.05) is 0 Å². The molecule has 1 aliphatic rings. The molecule has 0 radical (unpaired) electrons. The second-order valence-electron chi connectivity index (χ2n) is 5.85. The predicted octanol–water partition coefficient (Wildman–Crippen LogP) is 5.17. The molecule has 102 valence electrons. The van der Waals surface area contributed by atoms with E-state index in [4.69, 9.17) is 0 Å². The van der Waals surface area contributed by atoms with E-state index < -0.39 is 0 Å². The van der Waals surface area contributed by atoms with Crippen LogP contribution in [0.3, 0.4) is 0 Å². The van der Waals surface area contributed by atoms with E-state index in [0.29, 0.717) is 23.9 Å². The first-order valence-corrected chi connectivity index (χ1v) is 7.31. The monoisotopic (exact) mass is 248 g/mol. The van der Waals surface area contributed by atoms with Crippen molar-refractivity contribution < 1.29 is 0 Å². The molecule has 1 heterocycles. The summed E-state index contributed by atoms with van der Waals surface area (Å²) in [5.74, 6) is 1.12. The Morgan fingerprint density at radius 1 is 0.722 bits per heavy atom. The van der Waals surface area contributed by atoms with Crippen LogP contribution in [0.15, 0.2) is 34.5 Å². The van der Waals surface area contributed by atoms with Gasteiger partial charge in [-0.1, -0.05) is 52.0 Å². The summed E-state index contributed by atoms with van der Waals surface area (Å²) in [7, 11) is 0. The molecule has 0 saturated carbocycles. The third-order valence-corrected chi connectivity index (χ3v) is 3.49. The second kappa shape index (κ2) is 8.23. The van der Waals surface area contributed by atoms with Crippen LogP contribution in [0.4, 0.5) is 0 Å². The molecule has 0 amide bonds. The van der Waals surface area contributed by atoms with E-state index in [1.807, 2.05) is 0 Å². The molecule has 0 aromatic rings. The smallest absolute Gasteiger partial charge is 0.0765 e. The van der Waals surface area contributed by atoms with E-state index in [0.717, 1.165) is 25.7 Å². The van der Waals surface area contributed by atoms with E-state index in [2.05, 4.69) is 62.2 Å². The van der Waals surface area contributed by atoms with Crippen LogP contribution in [-0.4, -0.2) is 12.1 Å². The first-order valence-electron chi connectivity index (χ1n) is 7.31. The van der Waals surface area contributed by atoms with E-state index in [1.165, 1.54) is 0 Å². The minimum atomic E-state index is 0.339. The Bertz CT molecular complexity index is 270. The highest BCUT2D eigenvalue weighted by Crippen LogP contribution is 2.18. The Kier molecular flexibility index (Phi) is 6.92. The van der Waals surface area contributed by atoms with Crippen LogP contribution in [0.5, 0.6) is 0 Å². The van der Waals surface area contributed by atoms with Gasteiger partial charge in [-0.3, -0.25) is 0 Å². The molecular weight excluding hydrogens is 220 g/mol. The normalized spacial score (nSPS) is 29.9. The summed E-state index contributed by atoms with van der Waals surface area (Å²) in [4.78, 5) is 0. The summed E-state index contributed by atoms with van der Waals surface area (Å²) in [5.41, 5.74) is 0. The van der Waals surface area contributed by atoms with Gasteiger partial charge in [0.2, 0.25) is 0 Å². The number of allylic oxidation sites excluding steroid dienone is 2. The van der Waals surface area contributed by atoms with Gasteiger partial charge in [0.05, 0.1) is 12.1 Å². The molecule has 0 aromatic carbocycles. The summed E-state index contributed by atoms with van der Waals surface area (Å²) >= 11 is 0. The number of rotatable bonds is 2. The number of hydrogen-bond acceptors (Lipinski definition) is 2. The second-order valence-corrected chi connectivity index (χ2v) is 5.85. The number of hydrogen-bond donors (Lipinski definition) is 0. The maximum Gasteiger partial charge on any atom is 0.0765 e. The largest absolute Gasteiger partial charge is 0.190 e. The summed E-state index contributed by atoms with van der Waals surface area (Å²) in [6.45, 7) is 8.92. The third-order valence-electron chi connectivity index (χ3n) is 3.49. The molecule has 0 saturated heterocycles. The van der Waals surface area contributed by atoms with Crippen molar-refractivity contribution in [1.82, 2.24) is 0 Å². The van der Waals surface area contributed by atoms with Crippen molar-refractivity contribution in [3.8, 4) is 0 Å². The first kappa shape index (κ1) is 15.1. The van der Waals surface area contributed by atoms with Crippen LogP contribution >= 0.6 is 0 Å². The molecule has 0 bridgehead atoms. The highest BCUT2D eigenvalue weighted by Gasteiger charge is 2.14. The predicted molar refractivity (Wildman–Crippen MR) is 78.9 cm³/mol. The minimum absolute atomic E-state index is 0.339. The molecule has 1 aliphatic heterocycles. The Hall–Kier alpha value is -0.920. The highest BCUT2D eigenvalue weighted by atomic mass is 15.1. The maximum atomic E-state index is 4.60. The van der Waals surface area contributed by atoms with Gasteiger partial charge in [0, 0.05) is 0 Å². The quantitative estimate of drug-likeness (QED) is 0.602. The number of azo groups is 1. The van der Waals surface area contributed by atoms with Crippen LogP contribution < -0.4 is 0 Å². The van der Waals surface area contributed by atoms with Crippen molar-refractivity contribution in [3.05, 3.63) is 24.3 Å². The average molecular weight is 248 g/mol. The Labute approximate surface area is 112 Å². The fraction of sp³-hybridized carbons (Fsp3) is 0.750. The van der Waals surface area contributed by atoms with Crippen LogP contribution in [0, 0.1) is 11.8 Å². The fourth-order valence-corrected chi connectivity index (χ4v) is 1.98. The molecule has 0 aliphatic carbocycles. The van der Waals surface area contributed by atoms with Crippen molar-refractivity contribution in [1.29, 1.82) is 0 Å². The summed E-state index contributed by atoms with van der Waals surface area (Å²) < 4.78 is 0. The van der Waals surface area contributed by atoms with Gasteiger partial charge in [0.25, 0.3) is 0 Å².